The van der Waals surface area contributed by atoms with Crippen LogP contribution in [-0.2, 0) is 18.0 Å². The molecule has 0 spiro atoms. The van der Waals surface area contributed by atoms with Gasteiger partial charge in [-0.2, -0.15) is 0 Å². The molecular weight excluding hydrogens is 287 g/mol. The molecular formula is C16H13FN2O3. The van der Waals surface area contributed by atoms with Crippen molar-refractivity contribution in [2.24, 2.45) is 0 Å². The molecule has 1 amide bonds. The summed E-state index contributed by atoms with van der Waals surface area (Å²) in [5.41, 5.74) is 0.786. The monoisotopic (exact) mass is 300 g/mol. The number of carbonyl (C=O) groups excluding carboxylic acids is 1. The third-order valence-corrected chi connectivity index (χ3v) is 2.88. The highest BCUT2D eigenvalue weighted by molar-refractivity contribution is 5.85. The van der Waals surface area contributed by atoms with Crippen molar-refractivity contribution in [3.63, 3.8) is 0 Å². The van der Waals surface area contributed by atoms with Crippen molar-refractivity contribution in [2.75, 3.05) is 5.32 Å². The lowest BCUT2D eigenvalue weighted by Gasteiger charge is -2.09. The molecule has 5 nitrogen and oxygen atoms in total. The molecule has 0 saturated carbocycles. The molecule has 0 fully saturated rings. The number of aliphatic hydroxyl groups excluding tert-OH is 1. The fourth-order valence-corrected chi connectivity index (χ4v) is 1.85. The van der Waals surface area contributed by atoms with Crippen LogP contribution in [0.2, 0.25) is 0 Å². The zero-order valence-corrected chi connectivity index (χ0v) is 11.5. The second kappa shape index (κ2) is 7.20. The molecule has 0 aliphatic rings. The van der Waals surface area contributed by atoms with Gasteiger partial charge in [-0.25, -0.2) is 14.0 Å². The summed E-state index contributed by atoms with van der Waals surface area (Å²) in [4.78, 5) is 14.7. The minimum Gasteiger partial charge on any atom is -0.444 e. The summed E-state index contributed by atoms with van der Waals surface area (Å²) >= 11 is 0. The summed E-state index contributed by atoms with van der Waals surface area (Å²) in [5.74, 6) is -0.806. The smallest absolute Gasteiger partial charge is 0.411 e. The van der Waals surface area contributed by atoms with Crippen molar-refractivity contribution >= 4 is 17.5 Å². The van der Waals surface area contributed by atoms with Crippen molar-refractivity contribution < 1.29 is 19.0 Å². The number of amides is 1. The molecule has 0 aliphatic carbocycles. The van der Waals surface area contributed by atoms with Gasteiger partial charge in [-0.3, -0.25) is 5.32 Å². The number of aliphatic hydroxyl groups is 1. The number of benzene rings is 2. The normalized spacial score (nSPS) is 9.86. The Labute approximate surface area is 126 Å². The highest BCUT2D eigenvalue weighted by Crippen LogP contribution is 2.27. The van der Waals surface area contributed by atoms with E-state index in [2.05, 4.69) is 10.2 Å². The van der Waals surface area contributed by atoms with Gasteiger partial charge < -0.3 is 9.84 Å². The molecule has 2 N–H and O–H groups in total. The summed E-state index contributed by atoms with van der Waals surface area (Å²) in [5, 5.41) is 11.5. The van der Waals surface area contributed by atoms with Crippen LogP contribution in [0.3, 0.4) is 0 Å². The van der Waals surface area contributed by atoms with E-state index >= 15 is 0 Å². The maximum atomic E-state index is 13.7. The number of anilines is 1. The molecule has 0 heterocycles. The van der Waals surface area contributed by atoms with Crippen molar-refractivity contribution in [3.8, 4) is 0 Å². The van der Waals surface area contributed by atoms with Crippen LogP contribution in [0, 0.1) is 12.4 Å². The number of ether oxygens (including phenoxy) is 1. The Morgan fingerprint density at radius 1 is 1.32 bits per heavy atom. The Hall–Kier alpha value is -2.91. The van der Waals surface area contributed by atoms with E-state index in [9.17, 15) is 9.18 Å². The first-order valence-electron chi connectivity index (χ1n) is 6.42. The Bertz CT molecular complexity index is 711. The Morgan fingerprint density at radius 2 is 2.05 bits per heavy atom. The molecule has 2 rings (SSSR count). The summed E-state index contributed by atoms with van der Waals surface area (Å²) in [6, 6.07) is 11.5. The number of hydrogen-bond donors (Lipinski definition) is 2. The van der Waals surface area contributed by atoms with Crippen molar-refractivity contribution in [3.05, 3.63) is 70.8 Å². The van der Waals surface area contributed by atoms with Gasteiger partial charge in [0.2, 0.25) is 5.69 Å². The van der Waals surface area contributed by atoms with Gasteiger partial charge in [0, 0.05) is 5.69 Å². The Morgan fingerprint density at radius 3 is 2.68 bits per heavy atom. The van der Waals surface area contributed by atoms with E-state index in [0.717, 1.165) is 11.6 Å². The minimum atomic E-state index is -0.806. The first kappa shape index (κ1) is 15.5. The van der Waals surface area contributed by atoms with E-state index in [1.165, 1.54) is 6.07 Å². The lowest BCUT2D eigenvalue weighted by atomic mass is 10.1. The average molecular weight is 300 g/mol. The maximum absolute atomic E-state index is 13.7. The van der Waals surface area contributed by atoms with Crippen LogP contribution in [0.1, 0.15) is 11.1 Å². The van der Waals surface area contributed by atoms with Gasteiger partial charge in [0.15, 0.2) is 0 Å². The van der Waals surface area contributed by atoms with E-state index < -0.39 is 18.5 Å². The van der Waals surface area contributed by atoms with Gasteiger partial charge >= 0.3 is 6.09 Å². The largest absolute Gasteiger partial charge is 0.444 e. The summed E-state index contributed by atoms with van der Waals surface area (Å²) in [6.07, 6.45) is -0.747. The topological polar surface area (TPSA) is 62.9 Å². The van der Waals surface area contributed by atoms with Crippen molar-refractivity contribution in [1.82, 2.24) is 0 Å². The van der Waals surface area contributed by atoms with Gasteiger partial charge in [0.05, 0.1) is 13.2 Å². The van der Waals surface area contributed by atoms with Crippen LogP contribution < -0.4 is 5.32 Å². The molecule has 0 bridgehead atoms. The number of nitrogens with one attached hydrogen (secondary N) is 1. The lowest BCUT2D eigenvalue weighted by molar-refractivity contribution is 0.155. The molecule has 0 aromatic heterocycles. The first-order valence-corrected chi connectivity index (χ1v) is 6.42. The molecule has 6 heteroatoms. The maximum Gasteiger partial charge on any atom is 0.411 e. The number of nitrogens with zero attached hydrogens (tertiary/aromatic N) is 1. The quantitative estimate of drug-likeness (QED) is 0.848. The average Bonchev–Trinajstić information content (AvgIpc) is 2.53. The molecule has 0 saturated heterocycles. The number of carbonyl (C=O) groups is 1. The van der Waals surface area contributed by atoms with E-state index in [0.29, 0.717) is 0 Å². The fraction of sp³-hybridized carbons (Fsp3) is 0.125. The molecule has 2 aromatic carbocycles. The minimum absolute atomic E-state index is 0.0855. The molecule has 0 atom stereocenters. The second-order valence-electron chi connectivity index (χ2n) is 4.42. The number of halogens is 1. The zero-order valence-electron chi connectivity index (χ0n) is 11.5. The number of rotatable bonds is 4. The van der Waals surface area contributed by atoms with E-state index in [4.69, 9.17) is 16.4 Å². The number of hydrogen-bond acceptors (Lipinski definition) is 3. The fourth-order valence-electron chi connectivity index (χ4n) is 1.85. The van der Waals surface area contributed by atoms with E-state index in [1.54, 1.807) is 12.1 Å². The standard InChI is InChI=1S/C16H13FN2O3/c1-18-15-12(9-20)7-13(8-14(15)17)19-16(21)22-10-11-5-3-2-4-6-11/h2-8,20H,9-10H2,(H,19,21). The van der Waals surface area contributed by atoms with Crippen molar-refractivity contribution in [2.45, 2.75) is 13.2 Å². The molecule has 0 aliphatic heterocycles. The van der Waals surface area contributed by atoms with Crippen LogP contribution in [0.15, 0.2) is 42.5 Å². The summed E-state index contributed by atoms with van der Waals surface area (Å²) in [6.45, 7) is 6.45. The van der Waals surface area contributed by atoms with Gasteiger partial charge in [-0.05, 0) is 23.3 Å². The molecule has 22 heavy (non-hydrogen) atoms. The molecule has 112 valence electrons. The first-order chi connectivity index (χ1) is 10.6. The van der Waals surface area contributed by atoms with Gasteiger partial charge in [0.1, 0.15) is 12.4 Å². The highest BCUT2D eigenvalue weighted by atomic mass is 19.1. The predicted molar refractivity (Wildman–Crippen MR) is 78.8 cm³/mol. The Kier molecular flexibility index (Phi) is 5.07. The zero-order chi connectivity index (χ0) is 15.9. The van der Waals surface area contributed by atoms with Gasteiger partial charge in [0.25, 0.3) is 0 Å². The molecule has 0 unspecified atom stereocenters. The predicted octanol–water partition coefficient (Wildman–Crippen LogP) is 3.62. The highest BCUT2D eigenvalue weighted by Gasteiger charge is 2.12. The van der Waals surface area contributed by atoms with E-state index in [-0.39, 0.29) is 23.5 Å². The van der Waals surface area contributed by atoms with Crippen LogP contribution >= 0.6 is 0 Å². The van der Waals surface area contributed by atoms with Crippen LogP contribution in [-0.4, -0.2) is 11.2 Å². The second-order valence-corrected chi connectivity index (χ2v) is 4.42. The van der Waals surface area contributed by atoms with Crippen LogP contribution in [0.5, 0.6) is 0 Å². The van der Waals surface area contributed by atoms with Gasteiger partial charge in [-0.1, -0.05) is 30.3 Å². The van der Waals surface area contributed by atoms with Crippen molar-refractivity contribution in [1.29, 1.82) is 0 Å². The third kappa shape index (κ3) is 3.81. The van der Waals surface area contributed by atoms with Crippen LogP contribution in [0.25, 0.3) is 4.85 Å². The lowest BCUT2D eigenvalue weighted by Crippen LogP contribution is -2.14. The summed E-state index contributed by atoms with van der Waals surface area (Å²) < 4.78 is 18.7. The summed E-state index contributed by atoms with van der Waals surface area (Å²) in [7, 11) is 0. The van der Waals surface area contributed by atoms with E-state index in [1.807, 2.05) is 18.2 Å². The van der Waals surface area contributed by atoms with Crippen LogP contribution in [0.4, 0.5) is 20.6 Å². The van der Waals surface area contributed by atoms with Gasteiger partial charge in [-0.15, -0.1) is 0 Å². The third-order valence-electron chi connectivity index (χ3n) is 2.88. The SMILES string of the molecule is [C-]#[N+]c1c(F)cc(NC(=O)OCc2ccccc2)cc1CO. The Balaban J connectivity index is 2.03. The molecule has 2 aromatic rings. The molecule has 0 radical (unpaired) electrons.